The largest absolute Gasteiger partial charge is 0.383 e. The maximum absolute atomic E-state index is 5.16. The topological polar surface area (TPSA) is 65.1 Å². The van der Waals surface area contributed by atoms with E-state index in [0.717, 1.165) is 29.5 Å². The molecular formula is C12H18N4O2. The van der Waals surface area contributed by atoms with Crippen LogP contribution in [0.1, 0.15) is 17.0 Å². The van der Waals surface area contributed by atoms with Gasteiger partial charge < -0.3 is 19.1 Å². The predicted molar refractivity (Wildman–Crippen MR) is 67.7 cm³/mol. The van der Waals surface area contributed by atoms with E-state index >= 15 is 0 Å². The number of ether oxygens (including phenoxy) is 1. The van der Waals surface area contributed by atoms with Crippen LogP contribution in [0, 0.1) is 13.8 Å². The second-order valence-electron chi connectivity index (χ2n) is 4.10. The average molecular weight is 250 g/mol. The van der Waals surface area contributed by atoms with Gasteiger partial charge in [-0.1, -0.05) is 5.16 Å². The van der Waals surface area contributed by atoms with Gasteiger partial charge in [0, 0.05) is 31.6 Å². The second-order valence-corrected chi connectivity index (χ2v) is 4.10. The first kappa shape index (κ1) is 12.6. The molecule has 1 N–H and O–H groups in total. The van der Waals surface area contributed by atoms with Crippen molar-refractivity contribution in [3.05, 3.63) is 29.4 Å². The minimum absolute atomic E-state index is 0.651. The Balaban J connectivity index is 2.08. The van der Waals surface area contributed by atoms with Crippen LogP contribution in [-0.4, -0.2) is 35.0 Å². The number of methoxy groups -OCH3 is 1. The molecular weight excluding hydrogens is 232 g/mol. The standard InChI is InChI=1S/C12H18N4O2/c1-9-11(10(2)18-15-9)8-16-6-4-13-12(16)14-5-7-17-3/h4,6H,5,7-8H2,1-3H3,(H,13,14). The van der Waals surface area contributed by atoms with Crippen molar-refractivity contribution in [2.75, 3.05) is 25.6 Å². The fourth-order valence-electron chi connectivity index (χ4n) is 1.77. The predicted octanol–water partition coefficient (Wildman–Crippen LogP) is 1.59. The summed E-state index contributed by atoms with van der Waals surface area (Å²) >= 11 is 0. The van der Waals surface area contributed by atoms with Crippen molar-refractivity contribution >= 4 is 5.95 Å². The first-order chi connectivity index (χ1) is 8.72. The Labute approximate surface area is 106 Å². The molecule has 18 heavy (non-hydrogen) atoms. The van der Waals surface area contributed by atoms with E-state index in [0.29, 0.717) is 13.2 Å². The monoisotopic (exact) mass is 250 g/mol. The molecule has 98 valence electrons. The highest BCUT2D eigenvalue weighted by Gasteiger charge is 2.11. The fraction of sp³-hybridized carbons (Fsp3) is 0.500. The molecule has 0 saturated heterocycles. The molecule has 0 aliphatic rings. The van der Waals surface area contributed by atoms with Crippen LogP contribution >= 0.6 is 0 Å². The zero-order chi connectivity index (χ0) is 13.0. The van der Waals surface area contributed by atoms with E-state index in [9.17, 15) is 0 Å². The molecule has 2 aromatic heterocycles. The number of aryl methyl sites for hydroxylation is 2. The van der Waals surface area contributed by atoms with Crippen LogP contribution in [0.5, 0.6) is 0 Å². The van der Waals surface area contributed by atoms with Crippen molar-refractivity contribution in [3.8, 4) is 0 Å². The second kappa shape index (κ2) is 5.68. The third kappa shape index (κ3) is 2.70. The number of rotatable bonds is 6. The van der Waals surface area contributed by atoms with Crippen LogP contribution < -0.4 is 5.32 Å². The number of nitrogens with zero attached hydrogens (tertiary/aromatic N) is 3. The molecule has 0 aliphatic carbocycles. The van der Waals surface area contributed by atoms with Crippen LogP contribution in [0.25, 0.3) is 0 Å². The van der Waals surface area contributed by atoms with Gasteiger partial charge in [0.15, 0.2) is 0 Å². The zero-order valence-electron chi connectivity index (χ0n) is 10.9. The van der Waals surface area contributed by atoms with E-state index in [1.807, 2.05) is 24.6 Å². The van der Waals surface area contributed by atoms with Crippen molar-refractivity contribution in [2.45, 2.75) is 20.4 Å². The Bertz CT molecular complexity index is 484. The summed E-state index contributed by atoms with van der Waals surface area (Å²) < 4.78 is 12.2. The number of hydrogen-bond donors (Lipinski definition) is 1. The number of imidazole rings is 1. The van der Waals surface area contributed by atoms with Gasteiger partial charge in [-0.15, -0.1) is 0 Å². The van der Waals surface area contributed by atoms with Gasteiger partial charge in [0.05, 0.1) is 18.8 Å². The minimum Gasteiger partial charge on any atom is -0.383 e. The molecule has 2 rings (SSSR count). The van der Waals surface area contributed by atoms with E-state index < -0.39 is 0 Å². The van der Waals surface area contributed by atoms with Crippen molar-refractivity contribution in [1.82, 2.24) is 14.7 Å². The lowest BCUT2D eigenvalue weighted by Crippen LogP contribution is -2.13. The number of anilines is 1. The third-order valence-corrected chi connectivity index (χ3v) is 2.81. The summed E-state index contributed by atoms with van der Waals surface area (Å²) in [6, 6.07) is 0. The van der Waals surface area contributed by atoms with Gasteiger partial charge in [-0.05, 0) is 13.8 Å². The summed E-state index contributed by atoms with van der Waals surface area (Å²) in [5.74, 6) is 1.68. The molecule has 0 atom stereocenters. The maximum atomic E-state index is 5.16. The Morgan fingerprint density at radius 3 is 2.94 bits per heavy atom. The highest BCUT2D eigenvalue weighted by Crippen LogP contribution is 2.16. The van der Waals surface area contributed by atoms with Crippen LogP contribution in [-0.2, 0) is 11.3 Å². The van der Waals surface area contributed by atoms with E-state index in [4.69, 9.17) is 9.26 Å². The summed E-state index contributed by atoms with van der Waals surface area (Å²) in [5.41, 5.74) is 2.02. The van der Waals surface area contributed by atoms with Gasteiger partial charge in [-0.2, -0.15) is 0 Å². The molecule has 0 unspecified atom stereocenters. The normalized spacial score (nSPS) is 10.8. The highest BCUT2D eigenvalue weighted by atomic mass is 16.5. The molecule has 0 spiro atoms. The SMILES string of the molecule is COCCNc1nccn1Cc1c(C)noc1C. The maximum Gasteiger partial charge on any atom is 0.203 e. The molecule has 0 saturated carbocycles. The van der Waals surface area contributed by atoms with E-state index in [-0.39, 0.29) is 0 Å². The summed E-state index contributed by atoms with van der Waals surface area (Å²) in [6.07, 6.45) is 3.70. The highest BCUT2D eigenvalue weighted by molar-refractivity contribution is 5.29. The Hall–Kier alpha value is -1.82. The summed E-state index contributed by atoms with van der Waals surface area (Å²) in [7, 11) is 1.68. The Kier molecular flexibility index (Phi) is 3.99. The molecule has 2 aromatic rings. The fourth-order valence-corrected chi connectivity index (χ4v) is 1.77. The molecule has 6 nitrogen and oxygen atoms in total. The molecule has 0 fully saturated rings. The van der Waals surface area contributed by atoms with Crippen LogP contribution in [0.4, 0.5) is 5.95 Å². The average Bonchev–Trinajstić information content (AvgIpc) is 2.92. The lowest BCUT2D eigenvalue weighted by molar-refractivity contribution is 0.210. The smallest absolute Gasteiger partial charge is 0.203 e. The van der Waals surface area contributed by atoms with Crippen LogP contribution in [0.15, 0.2) is 16.9 Å². The molecule has 0 aromatic carbocycles. The Morgan fingerprint density at radius 2 is 2.28 bits per heavy atom. The zero-order valence-corrected chi connectivity index (χ0v) is 10.9. The molecule has 0 radical (unpaired) electrons. The van der Waals surface area contributed by atoms with Crippen molar-refractivity contribution in [2.24, 2.45) is 0 Å². The first-order valence-electron chi connectivity index (χ1n) is 5.88. The van der Waals surface area contributed by atoms with Gasteiger partial charge in [-0.3, -0.25) is 0 Å². The van der Waals surface area contributed by atoms with Gasteiger partial charge >= 0.3 is 0 Å². The Morgan fingerprint density at radius 1 is 1.44 bits per heavy atom. The summed E-state index contributed by atoms with van der Waals surface area (Å²) in [5, 5.41) is 7.17. The van der Waals surface area contributed by atoms with Crippen molar-refractivity contribution < 1.29 is 9.26 Å². The van der Waals surface area contributed by atoms with Crippen LogP contribution in [0.2, 0.25) is 0 Å². The first-order valence-corrected chi connectivity index (χ1v) is 5.88. The number of hydrogen-bond acceptors (Lipinski definition) is 5. The molecule has 0 amide bonds. The molecule has 6 heteroatoms. The number of nitrogens with one attached hydrogen (secondary N) is 1. The number of aromatic nitrogens is 3. The van der Waals surface area contributed by atoms with E-state index in [1.54, 1.807) is 13.3 Å². The van der Waals surface area contributed by atoms with Gasteiger partial charge in [0.1, 0.15) is 5.76 Å². The molecule has 0 bridgehead atoms. The summed E-state index contributed by atoms with van der Waals surface area (Å²) in [6.45, 7) is 5.95. The molecule has 2 heterocycles. The van der Waals surface area contributed by atoms with Crippen molar-refractivity contribution in [3.63, 3.8) is 0 Å². The van der Waals surface area contributed by atoms with Gasteiger partial charge in [-0.25, -0.2) is 4.98 Å². The van der Waals surface area contributed by atoms with Crippen molar-refractivity contribution in [1.29, 1.82) is 0 Å². The van der Waals surface area contributed by atoms with Gasteiger partial charge in [0.2, 0.25) is 5.95 Å². The van der Waals surface area contributed by atoms with E-state index in [1.165, 1.54) is 0 Å². The summed E-state index contributed by atoms with van der Waals surface area (Å²) in [4.78, 5) is 4.27. The minimum atomic E-state index is 0.651. The van der Waals surface area contributed by atoms with E-state index in [2.05, 4.69) is 15.5 Å². The lowest BCUT2D eigenvalue weighted by Gasteiger charge is -2.09. The quantitative estimate of drug-likeness (QED) is 0.789. The molecule has 0 aliphatic heterocycles. The lowest BCUT2D eigenvalue weighted by atomic mass is 10.2. The van der Waals surface area contributed by atoms with Gasteiger partial charge in [0.25, 0.3) is 0 Å². The third-order valence-electron chi connectivity index (χ3n) is 2.81. The van der Waals surface area contributed by atoms with Crippen LogP contribution in [0.3, 0.4) is 0 Å².